The summed E-state index contributed by atoms with van der Waals surface area (Å²) >= 11 is 0. The average molecular weight is 450 g/mol. The van der Waals surface area contributed by atoms with Crippen molar-refractivity contribution in [1.29, 1.82) is 0 Å². The smallest absolute Gasteiger partial charge is 0.335 e. The second kappa shape index (κ2) is 4.08. The van der Waals surface area contributed by atoms with Crippen molar-refractivity contribution in [2.45, 2.75) is 52.7 Å². The minimum Gasteiger partial charge on any atom is -0.335 e. The van der Waals surface area contributed by atoms with E-state index in [1.54, 1.807) is 0 Å². The summed E-state index contributed by atoms with van der Waals surface area (Å²) in [5.41, 5.74) is -30.5. The van der Waals surface area contributed by atoms with Gasteiger partial charge in [-0.15, -0.1) is 0 Å². The highest BCUT2D eigenvalue weighted by molar-refractivity contribution is 6.03. The monoisotopic (exact) mass is 450 g/mol. The van der Waals surface area contributed by atoms with Crippen LogP contribution in [0.25, 0.3) is 0 Å². The zero-order chi connectivity index (χ0) is 22.6. The van der Waals surface area contributed by atoms with E-state index in [0.29, 0.717) is 0 Å². The van der Waals surface area contributed by atoms with Crippen LogP contribution in [0.15, 0.2) is 0 Å². The van der Waals surface area contributed by atoms with Crippen LogP contribution in [-0.4, -0.2) is 63.6 Å². The van der Waals surface area contributed by atoms with Crippen molar-refractivity contribution in [3.05, 3.63) is 0 Å². The molecule has 0 aromatic heterocycles. The number of alkyl halides is 15. The fourth-order valence-electron chi connectivity index (χ4n) is 4.20. The molecule has 2 nitrogen and oxygen atoms in total. The molecule has 17 heteroatoms. The first kappa shape index (κ1) is 21.3. The molecule has 4 bridgehead atoms. The molecule has 4 aliphatic carbocycles. The Labute approximate surface area is 141 Å². The number of rotatable bonds is 1. The van der Waals surface area contributed by atoms with Crippen molar-refractivity contribution in [3.63, 3.8) is 0 Å². The lowest BCUT2D eigenvalue weighted by atomic mass is 9.37. The Bertz CT molecular complexity index is 752. The van der Waals surface area contributed by atoms with Gasteiger partial charge in [-0.3, -0.25) is 4.79 Å². The van der Waals surface area contributed by atoms with E-state index < -0.39 is 63.9 Å². The maximum atomic E-state index is 14.4. The van der Waals surface area contributed by atoms with Crippen molar-refractivity contribution in [3.8, 4) is 0 Å². The van der Waals surface area contributed by atoms with Crippen LogP contribution in [0.2, 0.25) is 0 Å². The minimum absolute atomic E-state index is 4.84. The third-order valence-corrected chi connectivity index (χ3v) is 5.52. The van der Waals surface area contributed by atoms with Crippen molar-refractivity contribution >= 4 is 5.78 Å². The van der Waals surface area contributed by atoms with Crippen LogP contribution < -0.4 is 0 Å². The Morgan fingerprint density at radius 2 is 0.857 bits per heavy atom. The Morgan fingerprint density at radius 3 is 1.11 bits per heavy atom. The van der Waals surface area contributed by atoms with Gasteiger partial charge in [0.25, 0.3) is 5.41 Å². The molecule has 1 N–H and O–H groups in total. The molecule has 0 aromatic carbocycles. The van der Waals surface area contributed by atoms with E-state index in [4.69, 9.17) is 5.11 Å². The lowest BCUT2D eigenvalue weighted by Gasteiger charge is -2.72. The zero-order valence-corrected chi connectivity index (χ0v) is 12.0. The number of Topliss-reactive ketones (excluding diaryl/α,β-unsaturated/α-hetero) is 1. The van der Waals surface area contributed by atoms with Crippen LogP contribution in [0.1, 0.15) is 0 Å². The second-order valence-electron chi connectivity index (χ2n) is 6.47. The third-order valence-electron chi connectivity index (χ3n) is 5.52. The topological polar surface area (TPSA) is 37.3 Å². The molecule has 4 rings (SSSR count). The van der Waals surface area contributed by atoms with Gasteiger partial charge in [0.2, 0.25) is 5.78 Å². The summed E-state index contributed by atoms with van der Waals surface area (Å²) in [5.74, 6) is -44.1. The molecular weight excluding hydrogens is 449 g/mol. The summed E-state index contributed by atoms with van der Waals surface area (Å²) in [6.07, 6.45) is -7.58. The Hall–Kier alpha value is -1.42. The highest BCUT2D eigenvalue weighted by Crippen LogP contribution is 2.88. The van der Waals surface area contributed by atoms with Gasteiger partial charge in [0.05, 0.1) is 0 Å². The van der Waals surface area contributed by atoms with Gasteiger partial charge in [0.1, 0.15) is 0 Å². The van der Waals surface area contributed by atoms with Crippen molar-refractivity contribution in [1.82, 2.24) is 0 Å². The van der Waals surface area contributed by atoms with Crippen molar-refractivity contribution < 1.29 is 75.8 Å². The van der Waals surface area contributed by atoms with Gasteiger partial charge in [-0.1, -0.05) is 0 Å². The van der Waals surface area contributed by atoms with Crippen molar-refractivity contribution in [2.75, 3.05) is 0 Å². The Morgan fingerprint density at radius 1 is 0.571 bits per heavy atom. The maximum absolute atomic E-state index is 14.4. The second-order valence-corrected chi connectivity index (χ2v) is 6.47. The molecule has 0 amide bonds. The summed E-state index contributed by atoms with van der Waals surface area (Å²) in [5, 5.41) is 8.29. The highest BCUT2D eigenvalue weighted by Gasteiger charge is 3.21. The molecular formula is C11HF15O2. The SMILES string of the molecule is O=C1C2(F)C(F)(F)C3(F)C(F)(F)C1(F)C(F)(F)C(C(O)(F)F)(C2(F)F)C3(F)F. The fraction of sp³-hybridized carbons (Fsp3) is 0.909. The number of aliphatic hydroxyl groups is 1. The molecule has 0 saturated heterocycles. The summed E-state index contributed by atoms with van der Waals surface area (Å²) in [6.45, 7) is 0. The van der Waals surface area contributed by atoms with Crippen LogP contribution in [-0.2, 0) is 4.79 Å². The first-order valence-corrected chi connectivity index (χ1v) is 6.51. The maximum Gasteiger partial charge on any atom is 0.377 e. The van der Waals surface area contributed by atoms with E-state index in [9.17, 15) is 70.7 Å². The molecule has 28 heavy (non-hydrogen) atoms. The molecule has 0 radical (unpaired) electrons. The molecule has 162 valence electrons. The average Bonchev–Trinajstić information content (AvgIpc) is 2.45. The molecule has 0 aromatic rings. The number of ketones is 1. The van der Waals surface area contributed by atoms with E-state index in [2.05, 4.69) is 0 Å². The molecule has 2 atom stereocenters. The number of carbonyl (C=O) groups excluding carboxylic acids is 1. The molecule has 2 unspecified atom stereocenters. The van der Waals surface area contributed by atoms with E-state index in [0.717, 1.165) is 0 Å². The van der Waals surface area contributed by atoms with E-state index in [-0.39, 0.29) is 0 Å². The predicted octanol–water partition coefficient (Wildman–Crippen LogP) is 3.47. The van der Waals surface area contributed by atoms with Crippen LogP contribution in [0.4, 0.5) is 65.9 Å². The van der Waals surface area contributed by atoms with Gasteiger partial charge in [-0.2, -0.15) is 26.3 Å². The van der Waals surface area contributed by atoms with Crippen LogP contribution in [0.3, 0.4) is 0 Å². The van der Waals surface area contributed by atoms with Gasteiger partial charge in [0.15, 0.2) is 0 Å². The molecule has 0 spiro atoms. The lowest BCUT2D eigenvalue weighted by molar-refractivity contribution is -0.586. The van der Waals surface area contributed by atoms with E-state index in [1.165, 1.54) is 0 Å². The van der Waals surface area contributed by atoms with E-state index >= 15 is 0 Å². The molecule has 4 saturated carbocycles. The fourth-order valence-corrected chi connectivity index (χ4v) is 4.20. The van der Waals surface area contributed by atoms with Crippen LogP contribution in [0.5, 0.6) is 0 Å². The third kappa shape index (κ3) is 1.14. The summed E-state index contributed by atoms with van der Waals surface area (Å²) in [6, 6.07) is 0. The summed E-state index contributed by atoms with van der Waals surface area (Å²) < 4.78 is 210. The zero-order valence-electron chi connectivity index (χ0n) is 12.0. The van der Waals surface area contributed by atoms with E-state index in [1.807, 2.05) is 0 Å². The molecule has 4 aliphatic rings. The predicted molar refractivity (Wildman–Crippen MR) is 50.9 cm³/mol. The Kier molecular flexibility index (Phi) is 3.10. The first-order valence-electron chi connectivity index (χ1n) is 6.51. The quantitative estimate of drug-likeness (QED) is 0.622. The summed E-state index contributed by atoms with van der Waals surface area (Å²) in [4.78, 5) is 11.3. The van der Waals surface area contributed by atoms with Crippen LogP contribution >= 0.6 is 0 Å². The first-order chi connectivity index (χ1) is 11.9. The number of carbonyl (C=O) groups is 1. The summed E-state index contributed by atoms with van der Waals surface area (Å²) in [7, 11) is 0. The minimum atomic E-state index is -8.11. The number of hydrogen-bond donors (Lipinski definition) is 1. The number of hydrogen-bond acceptors (Lipinski definition) is 2. The van der Waals surface area contributed by atoms with Crippen molar-refractivity contribution in [2.24, 2.45) is 5.41 Å². The molecule has 0 aliphatic heterocycles. The lowest BCUT2D eigenvalue weighted by Crippen LogP contribution is -3.07. The standard InChI is InChI=1S/C11HF15O2/c12-2-1(27)3(13)7(17,18)4(6(2,15)16,11(25,26)28)10(23,24)5(14,8(2,19)20)9(3,21)22/h28H. The normalized spacial score (nSPS) is 49.4. The highest BCUT2D eigenvalue weighted by atomic mass is 19.3. The van der Waals surface area contributed by atoms with Crippen LogP contribution in [0, 0.1) is 5.41 Å². The largest absolute Gasteiger partial charge is 0.377 e. The van der Waals surface area contributed by atoms with Gasteiger partial charge in [-0.25, -0.2) is 39.5 Å². The van der Waals surface area contributed by atoms with Gasteiger partial charge >= 0.3 is 52.7 Å². The van der Waals surface area contributed by atoms with Gasteiger partial charge in [-0.05, 0) is 0 Å². The molecule has 4 fully saturated rings. The van der Waals surface area contributed by atoms with Gasteiger partial charge < -0.3 is 5.11 Å². The number of halogens is 15. The van der Waals surface area contributed by atoms with Gasteiger partial charge in [0, 0.05) is 0 Å². The Balaban J connectivity index is 2.76. The molecule has 0 heterocycles.